The first-order valence-corrected chi connectivity index (χ1v) is 8.23. The standard InChI is InChI=1S/C16H19BrClNO2/c17-12-4-6-14(15(18)10-12)16-7-5-13(21-16)11-19-8-2-1-3-9-20/h4-7,10,19-20H,1-3,8-9,11H2. The van der Waals surface area contributed by atoms with E-state index in [2.05, 4.69) is 21.2 Å². The quantitative estimate of drug-likeness (QED) is 0.665. The van der Waals surface area contributed by atoms with Gasteiger partial charge in [-0.15, -0.1) is 0 Å². The van der Waals surface area contributed by atoms with Crippen molar-refractivity contribution in [3.63, 3.8) is 0 Å². The fourth-order valence-corrected chi connectivity index (χ4v) is 2.82. The van der Waals surface area contributed by atoms with Gasteiger partial charge >= 0.3 is 0 Å². The normalized spacial score (nSPS) is 11.0. The Morgan fingerprint density at radius 2 is 2.00 bits per heavy atom. The van der Waals surface area contributed by atoms with E-state index in [9.17, 15) is 0 Å². The molecule has 2 rings (SSSR count). The molecule has 0 radical (unpaired) electrons. The number of hydrogen-bond donors (Lipinski definition) is 2. The van der Waals surface area contributed by atoms with Crippen LogP contribution in [0.25, 0.3) is 11.3 Å². The number of aliphatic hydroxyl groups excluding tert-OH is 1. The van der Waals surface area contributed by atoms with Crippen molar-refractivity contribution in [2.75, 3.05) is 13.2 Å². The molecule has 0 bridgehead atoms. The van der Waals surface area contributed by atoms with E-state index in [4.69, 9.17) is 21.1 Å². The van der Waals surface area contributed by atoms with Crippen LogP contribution in [0.3, 0.4) is 0 Å². The molecular weight excluding hydrogens is 354 g/mol. The minimum Gasteiger partial charge on any atom is -0.460 e. The van der Waals surface area contributed by atoms with Crippen molar-refractivity contribution in [2.45, 2.75) is 25.8 Å². The lowest BCUT2D eigenvalue weighted by molar-refractivity contribution is 0.282. The first-order valence-electron chi connectivity index (χ1n) is 7.06. The van der Waals surface area contributed by atoms with Gasteiger partial charge in [0.15, 0.2) is 0 Å². The smallest absolute Gasteiger partial charge is 0.135 e. The second kappa shape index (κ2) is 8.59. The topological polar surface area (TPSA) is 45.4 Å². The van der Waals surface area contributed by atoms with Crippen LogP contribution >= 0.6 is 27.5 Å². The summed E-state index contributed by atoms with van der Waals surface area (Å²) >= 11 is 9.62. The molecule has 1 aromatic heterocycles. The predicted octanol–water partition coefficient (Wildman–Crippen LogP) is 4.61. The fourth-order valence-electron chi connectivity index (χ4n) is 2.06. The Bertz CT molecular complexity index is 571. The number of nitrogens with one attached hydrogen (secondary N) is 1. The zero-order valence-corrected chi connectivity index (χ0v) is 14.1. The Morgan fingerprint density at radius 3 is 2.76 bits per heavy atom. The van der Waals surface area contributed by atoms with Crippen LogP contribution in [-0.4, -0.2) is 18.3 Å². The molecule has 0 aliphatic rings. The van der Waals surface area contributed by atoms with Crippen LogP contribution in [0.2, 0.25) is 5.02 Å². The van der Waals surface area contributed by atoms with E-state index in [-0.39, 0.29) is 6.61 Å². The van der Waals surface area contributed by atoms with E-state index in [0.29, 0.717) is 11.6 Å². The minimum atomic E-state index is 0.273. The first-order chi connectivity index (χ1) is 10.2. The number of aliphatic hydroxyl groups is 1. The maximum atomic E-state index is 8.70. The fraction of sp³-hybridized carbons (Fsp3) is 0.375. The second-order valence-electron chi connectivity index (χ2n) is 4.85. The molecule has 21 heavy (non-hydrogen) atoms. The number of hydrogen-bond acceptors (Lipinski definition) is 3. The molecule has 0 unspecified atom stereocenters. The maximum absolute atomic E-state index is 8.70. The molecule has 0 amide bonds. The lowest BCUT2D eigenvalue weighted by Gasteiger charge is -2.03. The molecule has 0 aliphatic heterocycles. The number of unbranched alkanes of at least 4 members (excludes halogenated alkanes) is 2. The molecule has 1 aromatic carbocycles. The van der Waals surface area contributed by atoms with Crippen molar-refractivity contribution in [3.05, 3.63) is 45.6 Å². The third-order valence-corrected chi connectivity index (χ3v) is 3.98. The van der Waals surface area contributed by atoms with Gasteiger partial charge in [-0.25, -0.2) is 0 Å². The van der Waals surface area contributed by atoms with Gasteiger partial charge in [0.05, 0.1) is 11.6 Å². The van der Waals surface area contributed by atoms with Gasteiger partial charge in [0.25, 0.3) is 0 Å². The highest BCUT2D eigenvalue weighted by Gasteiger charge is 2.08. The maximum Gasteiger partial charge on any atom is 0.135 e. The Balaban J connectivity index is 1.86. The third-order valence-electron chi connectivity index (χ3n) is 3.17. The average molecular weight is 373 g/mol. The van der Waals surface area contributed by atoms with Crippen LogP contribution in [0.5, 0.6) is 0 Å². The van der Waals surface area contributed by atoms with E-state index in [1.165, 1.54) is 0 Å². The van der Waals surface area contributed by atoms with Crippen LogP contribution in [-0.2, 0) is 6.54 Å². The zero-order valence-electron chi connectivity index (χ0n) is 11.7. The van der Waals surface area contributed by atoms with Gasteiger partial charge in [0, 0.05) is 16.6 Å². The Hall–Kier alpha value is -0.810. The minimum absolute atomic E-state index is 0.273. The van der Waals surface area contributed by atoms with Gasteiger partial charge in [-0.05, 0) is 56.1 Å². The van der Waals surface area contributed by atoms with Gasteiger partial charge in [-0.1, -0.05) is 27.5 Å². The molecule has 2 N–H and O–H groups in total. The summed E-state index contributed by atoms with van der Waals surface area (Å²) in [6, 6.07) is 9.66. The molecule has 0 saturated heterocycles. The van der Waals surface area contributed by atoms with Crippen molar-refractivity contribution >= 4 is 27.5 Å². The van der Waals surface area contributed by atoms with Crippen LogP contribution in [0.15, 0.2) is 39.2 Å². The van der Waals surface area contributed by atoms with E-state index in [0.717, 1.165) is 47.4 Å². The Kier molecular flexibility index (Phi) is 6.77. The Labute approximate surface area is 138 Å². The number of halogens is 2. The van der Waals surface area contributed by atoms with Crippen molar-refractivity contribution < 1.29 is 9.52 Å². The molecule has 0 aliphatic carbocycles. The number of rotatable bonds is 8. The highest BCUT2D eigenvalue weighted by molar-refractivity contribution is 9.10. The van der Waals surface area contributed by atoms with Crippen LogP contribution in [0.4, 0.5) is 0 Å². The van der Waals surface area contributed by atoms with Gasteiger partial charge in [0.2, 0.25) is 0 Å². The molecule has 1 heterocycles. The molecule has 0 fully saturated rings. The molecular formula is C16H19BrClNO2. The number of benzene rings is 1. The van der Waals surface area contributed by atoms with Gasteiger partial charge in [-0.2, -0.15) is 0 Å². The van der Waals surface area contributed by atoms with Gasteiger partial charge < -0.3 is 14.8 Å². The van der Waals surface area contributed by atoms with Crippen molar-refractivity contribution in [3.8, 4) is 11.3 Å². The van der Waals surface area contributed by atoms with Crippen molar-refractivity contribution in [1.82, 2.24) is 5.32 Å². The lowest BCUT2D eigenvalue weighted by atomic mass is 10.2. The predicted molar refractivity (Wildman–Crippen MR) is 89.5 cm³/mol. The second-order valence-corrected chi connectivity index (χ2v) is 6.17. The average Bonchev–Trinajstić information content (AvgIpc) is 2.91. The summed E-state index contributed by atoms with van der Waals surface area (Å²) < 4.78 is 6.77. The first kappa shape index (κ1) is 16.6. The van der Waals surface area contributed by atoms with E-state index < -0.39 is 0 Å². The largest absolute Gasteiger partial charge is 0.460 e. The number of furan rings is 1. The molecule has 0 atom stereocenters. The highest BCUT2D eigenvalue weighted by Crippen LogP contribution is 2.31. The zero-order chi connectivity index (χ0) is 15.1. The third kappa shape index (κ3) is 5.15. The molecule has 0 spiro atoms. The van der Waals surface area contributed by atoms with E-state index in [1.54, 1.807) is 0 Å². The molecule has 2 aromatic rings. The van der Waals surface area contributed by atoms with Crippen LogP contribution in [0, 0.1) is 0 Å². The summed E-state index contributed by atoms with van der Waals surface area (Å²) in [4.78, 5) is 0. The van der Waals surface area contributed by atoms with Crippen molar-refractivity contribution in [1.29, 1.82) is 0 Å². The molecule has 114 valence electrons. The van der Waals surface area contributed by atoms with Gasteiger partial charge in [0.1, 0.15) is 11.5 Å². The van der Waals surface area contributed by atoms with Gasteiger partial charge in [-0.3, -0.25) is 0 Å². The summed E-state index contributed by atoms with van der Waals surface area (Å²) in [6.45, 7) is 1.90. The lowest BCUT2D eigenvalue weighted by Crippen LogP contribution is -2.14. The van der Waals surface area contributed by atoms with E-state index in [1.807, 2.05) is 30.3 Å². The summed E-state index contributed by atoms with van der Waals surface area (Å²) in [5, 5.41) is 12.7. The van der Waals surface area contributed by atoms with E-state index >= 15 is 0 Å². The summed E-state index contributed by atoms with van der Waals surface area (Å²) in [5.74, 6) is 1.68. The SMILES string of the molecule is OCCCCCNCc1ccc(-c2ccc(Br)cc2Cl)o1. The Morgan fingerprint density at radius 1 is 1.14 bits per heavy atom. The van der Waals surface area contributed by atoms with Crippen LogP contribution in [0.1, 0.15) is 25.0 Å². The molecule has 0 saturated carbocycles. The summed E-state index contributed by atoms with van der Waals surface area (Å²) in [6.07, 6.45) is 2.97. The van der Waals surface area contributed by atoms with Crippen molar-refractivity contribution in [2.24, 2.45) is 0 Å². The monoisotopic (exact) mass is 371 g/mol. The molecule has 3 nitrogen and oxygen atoms in total. The highest BCUT2D eigenvalue weighted by atomic mass is 79.9. The molecule has 5 heteroatoms. The summed E-state index contributed by atoms with van der Waals surface area (Å²) in [7, 11) is 0. The summed E-state index contributed by atoms with van der Waals surface area (Å²) in [5.41, 5.74) is 0.897. The van der Waals surface area contributed by atoms with Crippen LogP contribution < -0.4 is 5.32 Å².